The average Bonchev–Trinajstić information content (AvgIpc) is 2.34. The Balaban J connectivity index is 2.73. The van der Waals surface area contributed by atoms with E-state index in [4.69, 9.17) is 0 Å². The maximum atomic E-state index is 3.61. The summed E-state index contributed by atoms with van der Waals surface area (Å²) in [6, 6.07) is 9.39. The first-order chi connectivity index (χ1) is 8.19. The molecule has 0 aliphatic carbocycles. The van der Waals surface area contributed by atoms with Crippen molar-refractivity contribution in [1.82, 2.24) is 5.32 Å². The molecule has 0 spiro atoms. The van der Waals surface area contributed by atoms with Gasteiger partial charge >= 0.3 is 0 Å². The summed E-state index contributed by atoms with van der Waals surface area (Å²) in [6.07, 6.45) is 1.25. The predicted octanol–water partition coefficient (Wildman–Crippen LogP) is 4.18. The van der Waals surface area contributed by atoms with Crippen molar-refractivity contribution < 1.29 is 0 Å². The Morgan fingerprint density at radius 1 is 1.18 bits per heavy atom. The lowest BCUT2D eigenvalue weighted by molar-refractivity contribution is 0.548. The van der Waals surface area contributed by atoms with E-state index in [0.29, 0.717) is 11.3 Å². The van der Waals surface area contributed by atoms with Crippen molar-refractivity contribution in [2.45, 2.75) is 45.4 Å². The van der Waals surface area contributed by atoms with Crippen LogP contribution < -0.4 is 5.32 Å². The SMILES string of the molecule is CCCSC(C)C(NCC)c1ccc(C)cc1. The normalized spacial score (nSPS) is 14.6. The van der Waals surface area contributed by atoms with Gasteiger partial charge in [0.2, 0.25) is 0 Å². The lowest BCUT2D eigenvalue weighted by Crippen LogP contribution is -2.28. The van der Waals surface area contributed by atoms with E-state index in [1.807, 2.05) is 0 Å². The minimum atomic E-state index is 0.470. The molecule has 2 atom stereocenters. The number of nitrogens with one attached hydrogen (secondary N) is 1. The summed E-state index contributed by atoms with van der Waals surface area (Å²) in [7, 11) is 0. The van der Waals surface area contributed by atoms with Crippen LogP contribution in [-0.4, -0.2) is 17.5 Å². The quantitative estimate of drug-likeness (QED) is 0.780. The molecule has 96 valence electrons. The second kappa shape index (κ2) is 7.78. The first kappa shape index (κ1) is 14.6. The van der Waals surface area contributed by atoms with Crippen molar-refractivity contribution in [2.75, 3.05) is 12.3 Å². The van der Waals surface area contributed by atoms with Gasteiger partial charge in [-0.1, -0.05) is 50.6 Å². The van der Waals surface area contributed by atoms with E-state index >= 15 is 0 Å². The van der Waals surface area contributed by atoms with E-state index in [2.05, 4.69) is 69.0 Å². The Labute approximate surface area is 110 Å². The van der Waals surface area contributed by atoms with Gasteiger partial charge in [-0.2, -0.15) is 11.8 Å². The summed E-state index contributed by atoms with van der Waals surface area (Å²) >= 11 is 2.06. The molecule has 2 unspecified atom stereocenters. The van der Waals surface area contributed by atoms with Gasteiger partial charge in [0.1, 0.15) is 0 Å². The zero-order valence-corrected chi connectivity index (χ0v) is 12.3. The summed E-state index contributed by atoms with van der Waals surface area (Å²) in [4.78, 5) is 0. The van der Waals surface area contributed by atoms with Crippen LogP contribution in [0.3, 0.4) is 0 Å². The fourth-order valence-corrected chi connectivity index (χ4v) is 3.00. The number of aryl methyl sites for hydroxylation is 1. The molecular weight excluding hydrogens is 226 g/mol. The maximum Gasteiger partial charge on any atom is 0.0437 e. The van der Waals surface area contributed by atoms with Gasteiger partial charge < -0.3 is 5.32 Å². The second-order valence-electron chi connectivity index (χ2n) is 4.52. The lowest BCUT2D eigenvalue weighted by Gasteiger charge is -2.25. The highest BCUT2D eigenvalue weighted by molar-refractivity contribution is 7.99. The molecule has 0 saturated heterocycles. The molecule has 0 aromatic heterocycles. The molecule has 17 heavy (non-hydrogen) atoms. The van der Waals surface area contributed by atoms with Crippen LogP contribution in [0.25, 0.3) is 0 Å². The van der Waals surface area contributed by atoms with Crippen molar-refractivity contribution in [1.29, 1.82) is 0 Å². The zero-order valence-electron chi connectivity index (χ0n) is 11.5. The highest BCUT2D eigenvalue weighted by atomic mass is 32.2. The minimum absolute atomic E-state index is 0.470. The van der Waals surface area contributed by atoms with Crippen LogP contribution in [0.5, 0.6) is 0 Å². The van der Waals surface area contributed by atoms with E-state index in [0.717, 1.165) is 6.54 Å². The van der Waals surface area contributed by atoms with E-state index in [-0.39, 0.29) is 0 Å². The van der Waals surface area contributed by atoms with Crippen LogP contribution in [-0.2, 0) is 0 Å². The molecule has 2 heteroatoms. The van der Waals surface area contributed by atoms with Crippen molar-refractivity contribution in [3.63, 3.8) is 0 Å². The average molecular weight is 251 g/mol. The van der Waals surface area contributed by atoms with Crippen LogP contribution >= 0.6 is 11.8 Å². The van der Waals surface area contributed by atoms with E-state index in [1.165, 1.54) is 23.3 Å². The molecule has 0 aliphatic heterocycles. The summed E-state index contributed by atoms with van der Waals surface area (Å²) < 4.78 is 0. The van der Waals surface area contributed by atoms with Crippen molar-refractivity contribution in [2.24, 2.45) is 0 Å². The van der Waals surface area contributed by atoms with E-state index < -0.39 is 0 Å². The van der Waals surface area contributed by atoms with Crippen LogP contribution in [0.4, 0.5) is 0 Å². The van der Waals surface area contributed by atoms with Gasteiger partial charge in [-0.3, -0.25) is 0 Å². The van der Waals surface area contributed by atoms with Gasteiger partial charge in [-0.05, 0) is 31.2 Å². The van der Waals surface area contributed by atoms with Crippen molar-refractivity contribution >= 4 is 11.8 Å². The third-order valence-corrected chi connectivity index (χ3v) is 4.36. The number of hydrogen-bond acceptors (Lipinski definition) is 2. The molecule has 1 nitrogen and oxygen atoms in total. The number of rotatable bonds is 7. The van der Waals surface area contributed by atoms with Gasteiger partial charge in [-0.25, -0.2) is 0 Å². The smallest absolute Gasteiger partial charge is 0.0437 e. The topological polar surface area (TPSA) is 12.0 Å². The molecule has 0 bridgehead atoms. The van der Waals surface area contributed by atoms with E-state index in [9.17, 15) is 0 Å². The summed E-state index contributed by atoms with van der Waals surface area (Å²) in [6.45, 7) is 9.91. The first-order valence-electron chi connectivity index (χ1n) is 6.60. The molecule has 0 fully saturated rings. The van der Waals surface area contributed by atoms with Crippen LogP contribution in [0.1, 0.15) is 44.4 Å². The van der Waals surface area contributed by atoms with Gasteiger partial charge in [0.25, 0.3) is 0 Å². The standard InChI is InChI=1S/C15H25NS/c1-5-11-17-13(4)15(16-6-2)14-9-7-12(3)8-10-14/h7-10,13,15-16H,5-6,11H2,1-4H3. The van der Waals surface area contributed by atoms with Crippen molar-refractivity contribution in [3.8, 4) is 0 Å². The Morgan fingerprint density at radius 3 is 2.35 bits per heavy atom. The molecule has 1 aromatic carbocycles. The Hall–Kier alpha value is -0.470. The third kappa shape index (κ3) is 4.72. The van der Waals surface area contributed by atoms with Gasteiger partial charge in [0.05, 0.1) is 0 Å². The second-order valence-corrected chi connectivity index (χ2v) is 6.01. The number of benzene rings is 1. The molecule has 1 aromatic rings. The maximum absolute atomic E-state index is 3.61. The Morgan fingerprint density at radius 2 is 1.82 bits per heavy atom. The molecule has 0 amide bonds. The third-order valence-electron chi connectivity index (χ3n) is 2.91. The van der Waals surface area contributed by atoms with Gasteiger partial charge in [0, 0.05) is 11.3 Å². The fourth-order valence-electron chi connectivity index (χ4n) is 1.95. The molecule has 0 heterocycles. The lowest BCUT2D eigenvalue weighted by atomic mass is 10.0. The zero-order chi connectivity index (χ0) is 12.7. The van der Waals surface area contributed by atoms with Crippen LogP contribution in [0.2, 0.25) is 0 Å². The first-order valence-corrected chi connectivity index (χ1v) is 7.65. The van der Waals surface area contributed by atoms with E-state index in [1.54, 1.807) is 0 Å². The van der Waals surface area contributed by atoms with Crippen LogP contribution in [0, 0.1) is 6.92 Å². The largest absolute Gasteiger partial charge is 0.309 e. The number of thioether (sulfide) groups is 1. The van der Waals surface area contributed by atoms with Gasteiger partial charge in [0.15, 0.2) is 0 Å². The monoisotopic (exact) mass is 251 g/mol. The predicted molar refractivity (Wildman–Crippen MR) is 79.8 cm³/mol. The highest BCUT2D eigenvalue weighted by Crippen LogP contribution is 2.27. The molecule has 0 radical (unpaired) electrons. The van der Waals surface area contributed by atoms with Crippen LogP contribution in [0.15, 0.2) is 24.3 Å². The molecule has 0 aliphatic rings. The molecule has 0 saturated carbocycles. The summed E-state index contributed by atoms with van der Waals surface area (Å²) in [5.74, 6) is 1.24. The van der Waals surface area contributed by atoms with Gasteiger partial charge in [-0.15, -0.1) is 0 Å². The summed E-state index contributed by atoms with van der Waals surface area (Å²) in [5, 5.41) is 4.23. The molecule has 1 rings (SSSR count). The summed E-state index contributed by atoms with van der Waals surface area (Å²) in [5.41, 5.74) is 2.74. The number of hydrogen-bond donors (Lipinski definition) is 1. The molecular formula is C15H25NS. The fraction of sp³-hybridized carbons (Fsp3) is 0.600. The highest BCUT2D eigenvalue weighted by Gasteiger charge is 2.17. The molecule has 1 N–H and O–H groups in total. The Kier molecular flexibility index (Phi) is 6.68. The van der Waals surface area contributed by atoms with Crippen molar-refractivity contribution in [3.05, 3.63) is 35.4 Å². The minimum Gasteiger partial charge on any atom is -0.309 e. The Bertz CT molecular complexity index is 307.